The van der Waals surface area contributed by atoms with E-state index in [9.17, 15) is 0 Å². The molecule has 2 aromatic rings. The van der Waals surface area contributed by atoms with Gasteiger partial charge in [0.1, 0.15) is 0 Å². The van der Waals surface area contributed by atoms with Crippen LogP contribution in [0, 0.1) is 0 Å². The van der Waals surface area contributed by atoms with E-state index in [1.54, 1.807) is 6.20 Å². The third-order valence-corrected chi connectivity index (χ3v) is 2.80. The van der Waals surface area contributed by atoms with Gasteiger partial charge in [0.25, 0.3) is 0 Å². The monoisotopic (exact) mass is 218 g/mol. The maximum atomic E-state index is 9.15. The molecule has 2 aromatic heterocycles. The number of aromatic nitrogens is 2. The van der Waals surface area contributed by atoms with E-state index >= 15 is 0 Å². The number of pyridine rings is 1. The first kappa shape index (κ1) is 11.1. The standard InChI is InChI=1S/C13H18N2O/c1-13(2,3)12-8-10-4-5-14-9-11(10)15(12)6-7-16/h4-5,8-9,16H,6-7H2,1-3H3. The molecule has 0 aliphatic heterocycles. The Morgan fingerprint density at radius 2 is 2.12 bits per heavy atom. The van der Waals surface area contributed by atoms with Crippen molar-refractivity contribution in [3.63, 3.8) is 0 Å². The highest BCUT2D eigenvalue weighted by molar-refractivity contribution is 5.80. The lowest BCUT2D eigenvalue weighted by molar-refractivity contribution is 0.274. The number of fused-ring (bicyclic) bond motifs is 1. The van der Waals surface area contributed by atoms with Crippen molar-refractivity contribution in [2.75, 3.05) is 6.61 Å². The maximum Gasteiger partial charge on any atom is 0.0669 e. The summed E-state index contributed by atoms with van der Waals surface area (Å²) >= 11 is 0. The van der Waals surface area contributed by atoms with E-state index in [1.165, 1.54) is 11.1 Å². The molecule has 0 aromatic carbocycles. The summed E-state index contributed by atoms with van der Waals surface area (Å²) in [5, 5.41) is 10.3. The zero-order chi connectivity index (χ0) is 11.8. The second kappa shape index (κ2) is 3.91. The van der Waals surface area contributed by atoms with Gasteiger partial charge in [0.2, 0.25) is 0 Å². The fourth-order valence-electron chi connectivity index (χ4n) is 2.06. The fraction of sp³-hybridized carbons (Fsp3) is 0.462. The SMILES string of the molecule is CC(C)(C)c1cc2ccncc2n1CCO. The van der Waals surface area contributed by atoms with Gasteiger partial charge in [-0.25, -0.2) is 0 Å². The van der Waals surface area contributed by atoms with E-state index in [1.807, 2.05) is 12.3 Å². The van der Waals surface area contributed by atoms with E-state index in [0.717, 1.165) is 5.52 Å². The molecule has 2 rings (SSSR count). The van der Waals surface area contributed by atoms with Gasteiger partial charge in [0.05, 0.1) is 18.3 Å². The molecule has 0 aliphatic carbocycles. The van der Waals surface area contributed by atoms with Gasteiger partial charge in [0, 0.05) is 29.2 Å². The van der Waals surface area contributed by atoms with E-state index in [4.69, 9.17) is 5.11 Å². The lowest BCUT2D eigenvalue weighted by Gasteiger charge is -2.21. The predicted octanol–water partition coefficient (Wildman–Crippen LogP) is 2.33. The van der Waals surface area contributed by atoms with Crippen LogP contribution in [0.3, 0.4) is 0 Å². The van der Waals surface area contributed by atoms with Crippen LogP contribution in [0.25, 0.3) is 10.9 Å². The minimum absolute atomic E-state index is 0.0776. The normalized spacial score (nSPS) is 12.2. The van der Waals surface area contributed by atoms with Crippen LogP contribution in [-0.2, 0) is 12.0 Å². The zero-order valence-electron chi connectivity index (χ0n) is 10.1. The topological polar surface area (TPSA) is 38.0 Å². The molecule has 0 radical (unpaired) electrons. The summed E-state index contributed by atoms with van der Waals surface area (Å²) in [5.74, 6) is 0. The van der Waals surface area contributed by atoms with Crippen LogP contribution in [0.15, 0.2) is 24.5 Å². The lowest BCUT2D eigenvalue weighted by Crippen LogP contribution is -2.18. The molecular weight excluding hydrogens is 200 g/mol. The summed E-state index contributed by atoms with van der Waals surface area (Å²) in [6, 6.07) is 4.20. The number of hydrogen-bond donors (Lipinski definition) is 1. The average Bonchev–Trinajstić information content (AvgIpc) is 2.58. The molecule has 0 fully saturated rings. The van der Waals surface area contributed by atoms with Crippen molar-refractivity contribution in [1.82, 2.24) is 9.55 Å². The van der Waals surface area contributed by atoms with Crippen molar-refractivity contribution in [3.8, 4) is 0 Å². The van der Waals surface area contributed by atoms with Crippen LogP contribution in [0.2, 0.25) is 0 Å². The number of hydrogen-bond acceptors (Lipinski definition) is 2. The average molecular weight is 218 g/mol. The first-order valence-electron chi connectivity index (χ1n) is 5.58. The Hall–Kier alpha value is -1.35. The first-order valence-corrected chi connectivity index (χ1v) is 5.58. The van der Waals surface area contributed by atoms with E-state index in [-0.39, 0.29) is 12.0 Å². The molecule has 2 heterocycles. The molecule has 86 valence electrons. The van der Waals surface area contributed by atoms with Gasteiger partial charge in [-0.15, -0.1) is 0 Å². The second-order valence-electron chi connectivity index (χ2n) is 5.09. The Morgan fingerprint density at radius 3 is 2.75 bits per heavy atom. The Morgan fingerprint density at radius 1 is 1.38 bits per heavy atom. The van der Waals surface area contributed by atoms with Crippen molar-refractivity contribution < 1.29 is 5.11 Å². The molecule has 0 bridgehead atoms. The molecule has 1 N–H and O–H groups in total. The van der Waals surface area contributed by atoms with Crippen LogP contribution in [0.5, 0.6) is 0 Å². The Bertz CT molecular complexity index is 494. The largest absolute Gasteiger partial charge is 0.395 e. The first-order chi connectivity index (χ1) is 7.54. The summed E-state index contributed by atoms with van der Waals surface area (Å²) in [6.45, 7) is 7.33. The molecule has 0 saturated carbocycles. The quantitative estimate of drug-likeness (QED) is 0.840. The van der Waals surface area contributed by atoms with Gasteiger partial charge >= 0.3 is 0 Å². The maximum absolute atomic E-state index is 9.15. The molecule has 0 saturated heterocycles. The third kappa shape index (κ3) is 1.83. The summed E-state index contributed by atoms with van der Waals surface area (Å²) in [6.07, 6.45) is 3.66. The number of rotatable bonds is 2. The van der Waals surface area contributed by atoms with E-state index in [0.29, 0.717) is 6.54 Å². The highest BCUT2D eigenvalue weighted by Gasteiger charge is 2.20. The molecule has 16 heavy (non-hydrogen) atoms. The third-order valence-electron chi connectivity index (χ3n) is 2.80. The predicted molar refractivity (Wildman–Crippen MR) is 65.5 cm³/mol. The van der Waals surface area contributed by atoms with Crippen LogP contribution < -0.4 is 0 Å². The van der Waals surface area contributed by atoms with Gasteiger partial charge < -0.3 is 9.67 Å². The van der Waals surface area contributed by atoms with Crippen molar-refractivity contribution in [2.45, 2.75) is 32.7 Å². The van der Waals surface area contributed by atoms with E-state index < -0.39 is 0 Å². The fourth-order valence-corrected chi connectivity index (χ4v) is 2.06. The number of nitrogens with zero attached hydrogens (tertiary/aromatic N) is 2. The van der Waals surface area contributed by atoms with Gasteiger partial charge in [-0.05, 0) is 12.1 Å². The van der Waals surface area contributed by atoms with Crippen molar-refractivity contribution in [3.05, 3.63) is 30.2 Å². The van der Waals surface area contributed by atoms with Crippen molar-refractivity contribution in [2.24, 2.45) is 0 Å². The Balaban J connectivity index is 2.68. The van der Waals surface area contributed by atoms with Crippen LogP contribution in [0.1, 0.15) is 26.5 Å². The highest BCUT2D eigenvalue weighted by atomic mass is 16.3. The van der Waals surface area contributed by atoms with Gasteiger partial charge in [0.15, 0.2) is 0 Å². The Kier molecular flexibility index (Phi) is 2.72. The molecule has 0 aliphatic rings. The summed E-state index contributed by atoms with van der Waals surface area (Å²) in [5.41, 5.74) is 2.42. The Labute approximate surface area is 95.7 Å². The minimum Gasteiger partial charge on any atom is -0.395 e. The molecule has 3 nitrogen and oxygen atoms in total. The summed E-state index contributed by atoms with van der Waals surface area (Å²) in [7, 11) is 0. The molecular formula is C13H18N2O. The van der Waals surface area contributed by atoms with E-state index in [2.05, 4.69) is 36.4 Å². The lowest BCUT2D eigenvalue weighted by atomic mass is 9.92. The second-order valence-corrected chi connectivity index (χ2v) is 5.09. The zero-order valence-corrected chi connectivity index (χ0v) is 10.1. The molecule has 3 heteroatoms. The number of aliphatic hydroxyl groups excluding tert-OH is 1. The minimum atomic E-state index is 0.0776. The molecule has 0 atom stereocenters. The van der Waals surface area contributed by atoms with Crippen molar-refractivity contribution in [1.29, 1.82) is 0 Å². The molecule has 0 unspecified atom stereocenters. The smallest absolute Gasteiger partial charge is 0.0669 e. The van der Waals surface area contributed by atoms with Crippen LogP contribution >= 0.6 is 0 Å². The van der Waals surface area contributed by atoms with Crippen molar-refractivity contribution >= 4 is 10.9 Å². The molecule has 0 amide bonds. The van der Waals surface area contributed by atoms with Crippen LogP contribution in [-0.4, -0.2) is 21.3 Å². The van der Waals surface area contributed by atoms with Gasteiger partial charge in [-0.3, -0.25) is 4.98 Å². The summed E-state index contributed by atoms with van der Waals surface area (Å²) < 4.78 is 2.16. The molecule has 0 spiro atoms. The number of aliphatic hydroxyl groups is 1. The van der Waals surface area contributed by atoms with Gasteiger partial charge in [-0.2, -0.15) is 0 Å². The summed E-state index contributed by atoms with van der Waals surface area (Å²) in [4.78, 5) is 4.15. The van der Waals surface area contributed by atoms with Crippen LogP contribution in [0.4, 0.5) is 0 Å². The highest BCUT2D eigenvalue weighted by Crippen LogP contribution is 2.28. The van der Waals surface area contributed by atoms with Gasteiger partial charge in [-0.1, -0.05) is 20.8 Å².